The maximum absolute atomic E-state index is 13.5. The molecular formula is C19H18ClFO2. The number of esters is 1. The molecule has 0 fully saturated rings. The molecular weight excluding hydrogens is 315 g/mol. The average Bonchev–Trinajstić information content (AvgIpc) is 2.53. The number of aryl methyl sites for hydroxylation is 1. The number of benzene rings is 2. The summed E-state index contributed by atoms with van der Waals surface area (Å²) in [5.74, 6) is -0.744. The molecule has 0 saturated heterocycles. The highest BCUT2D eigenvalue weighted by Crippen LogP contribution is 2.22. The molecule has 2 rings (SSSR count). The standard InChI is InChI=1S/C19H18ClFO2/c1-2-23-19(22)13-16(15-4-3-5-18(21)12-15)9-6-14-7-10-17(20)11-8-14/h3-5,7-8,10-13H,2,6,9H2,1H3. The monoisotopic (exact) mass is 332 g/mol. The van der Waals surface area contributed by atoms with Crippen molar-refractivity contribution < 1.29 is 13.9 Å². The molecule has 0 spiro atoms. The topological polar surface area (TPSA) is 26.3 Å². The number of hydrogen-bond acceptors (Lipinski definition) is 2. The molecule has 120 valence electrons. The van der Waals surface area contributed by atoms with Crippen LogP contribution in [0.2, 0.25) is 5.02 Å². The van der Waals surface area contributed by atoms with Gasteiger partial charge in [-0.15, -0.1) is 0 Å². The normalized spacial score (nSPS) is 11.3. The molecule has 0 unspecified atom stereocenters. The van der Waals surface area contributed by atoms with E-state index >= 15 is 0 Å². The highest BCUT2D eigenvalue weighted by Gasteiger charge is 2.08. The summed E-state index contributed by atoms with van der Waals surface area (Å²) in [6.07, 6.45) is 2.76. The number of hydrogen-bond donors (Lipinski definition) is 0. The summed E-state index contributed by atoms with van der Waals surface area (Å²) in [6.45, 7) is 2.06. The van der Waals surface area contributed by atoms with Crippen LogP contribution in [0.15, 0.2) is 54.6 Å². The van der Waals surface area contributed by atoms with E-state index < -0.39 is 5.97 Å². The summed E-state index contributed by atoms with van der Waals surface area (Å²) in [5.41, 5.74) is 2.53. The first-order chi connectivity index (χ1) is 11.1. The van der Waals surface area contributed by atoms with Crippen molar-refractivity contribution in [2.45, 2.75) is 19.8 Å². The van der Waals surface area contributed by atoms with Crippen LogP contribution >= 0.6 is 11.6 Å². The Kier molecular flexibility index (Phi) is 6.36. The maximum atomic E-state index is 13.5. The van der Waals surface area contributed by atoms with Gasteiger partial charge in [0.15, 0.2) is 0 Å². The minimum absolute atomic E-state index is 0.308. The molecule has 0 aliphatic carbocycles. The van der Waals surface area contributed by atoms with E-state index in [0.717, 1.165) is 17.6 Å². The maximum Gasteiger partial charge on any atom is 0.331 e. The first kappa shape index (κ1) is 17.2. The fourth-order valence-electron chi connectivity index (χ4n) is 2.24. The zero-order valence-electron chi connectivity index (χ0n) is 12.9. The van der Waals surface area contributed by atoms with E-state index in [9.17, 15) is 9.18 Å². The van der Waals surface area contributed by atoms with Crippen molar-refractivity contribution in [3.63, 3.8) is 0 Å². The number of rotatable bonds is 6. The summed E-state index contributed by atoms with van der Waals surface area (Å²) in [7, 11) is 0. The fraction of sp³-hybridized carbons (Fsp3) is 0.211. The lowest BCUT2D eigenvalue weighted by molar-refractivity contribution is -0.137. The molecule has 0 heterocycles. The number of halogens is 2. The Balaban J connectivity index is 2.19. The molecule has 2 nitrogen and oxygen atoms in total. The minimum atomic E-state index is -0.414. The molecule has 0 aromatic heterocycles. The van der Waals surface area contributed by atoms with Crippen molar-refractivity contribution >= 4 is 23.1 Å². The van der Waals surface area contributed by atoms with Gasteiger partial charge in [0.05, 0.1) is 6.61 Å². The van der Waals surface area contributed by atoms with Crippen molar-refractivity contribution in [3.05, 3.63) is 76.6 Å². The minimum Gasteiger partial charge on any atom is -0.463 e. The molecule has 4 heteroatoms. The van der Waals surface area contributed by atoms with E-state index in [2.05, 4.69) is 0 Å². The SMILES string of the molecule is CCOC(=O)C=C(CCc1ccc(Cl)cc1)c1cccc(F)c1. The molecule has 2 aromatic rings. The Bertz CT molecular complexity index is 693. The molecule has 0 bridgehead atoms. The van der Waals surface area contributed by atoms with Gasteiger partial charge in [-0.2, -0.15) is 0 Å². The first-order valence-corrected chi connectivity index (χ1v) is 7.84. The Hall–Kier alpha value is -2.13. The van der Waals surface area contributed by atoms with Gasteiger partial charge in [-0.25, -0.2) is 9.18 Å². The number of ether oxygens (including phenoxy) is 1. The third-order valence-corrected chi connectivity index (χ3v) is 3.62. The van der Waals surface area contributed by atoms with Crippen molar-refractivity contribution in [1.29, 1.82) is 0 Å². The number of carbonyl (C=O) groups excluding carboxylic acids is 1. The summed E-state index contributed by atoms with van der Waals surface area (Å²) in [4.78, 5) is 11.8. The van der Waals surface area contributed by atoms with Crippen molar-refractivity contribution in [2.24, 2.45) is 0 Å². The summed E-state index contributed by atoms with van der Waals surface area (Å²) < 4.78 is 18.4. The quantitative estimate of drug-likeness (QED) is 0.546. The predicted octanol–water partition coefficient (Wildman–Crippen LogP) is 5.06. The third-order valence-electron chi connectivity index (χ3n) is 3.37. The van der Waals surface area contributed by atoms with E-state index in [1.165, 1.54) is 18.2 Å². The van der Waals surface area contributed by atoms with Gasteiger partial charge in [0.2, 0.25) is 0 Å². The molecule has 0 radical (unpaired) electrons. The molecule has 0 atom stereocenters. The van der Waals surface area contributed by atoms with E-state index in [1.54, 1.807) is 19.1 Å². The van der Waals surface area contributed by atoms with Crippen LogP contribution < -0.4 is 0 Å². The van der Waals surface area contributed by atoms with Gasteiger partial charge >= 0.3 is 5.97 Å². The summed E-state index contributed by atoms with van der Waals surface area (Å²) in [6, 6.07) is 13.8. The van der Waals surface area contributed by atoms with Crippen LogP contribution in [0.5, 0.6) is 0 Å². The zero-order chi connectivity index (χ0) is 16.7. The molecule has 23 heavy (non-hydrogen) atoms. The van der Waals surface area contributed by atoms with E-state index in [4.69, 9.17) is 16.3 Å². The Labute approximate surface area is 140 Å². The van der Waals surface area contributed by atoms with Crippen LogP contribution in [0, 0.1) is 5.82 Å². The molecule has 0 aliphatic rings. The molecule has 2 aromatic carbocycles. The summed E-state index contributed by atoms with van der Waals surface area (Å²) >= 11 is 5.88. The second-order valence-corrected chi connectivity index (χ2v) is 5.49. The van der Waals surface area contributed by atoms with Crippen LogP contribution in [0.3, 0.4) is 0 Å². The fourth-order valence-corrected chi connectivity index (χ4v) is 2.37. The summed E-state index contributed by atoms with van der Waals surface area (Å²) in [5, 5.41) is 0.682. The van der Waals surface area contributed by atoms with Crippen molar-refractivity contribution in [1.82, 2.24) is 0 Å². The lowest BCUT2D eigenvalue weighted by Crippen LogP contribution is -2.02. The van der Waals surface area contributed by atoms with Gasteiger partial charge in [0, 0.05) is 11.1 Å². The van der Waals surface area contributed by atoms with Gasteiger partial charge in [0.25, 0.3) is 0 Å². The largest absolute Gasteiger partial charge is 0.463 e. The van der Waals surface area contributed by atoms with Gasteiger partial charge in [0.1, 0.15) is 5.82 Å². The van der Waals surface area contributed by atoms with Crippen LogP contribution in [-0.2, 0) is 16.0 Å². The second kappa shape index (κ2) is 8.49. The molecule has 0 N–H and O–H groups in total. The third kappa shape index (κ3) is 5.53. The highest BCUT2D eigenvalue weighted by atomic mass is 35.5. The van der Waals surface area contributed by atoms with Gasteiger partial charge in [-0.1, -0.05) is 35.9 Å². The van der Waals surface area contributed by atoms with Crippen molar-refractivity contribution in [3.8, 4) is 0 Å². The highest BCUT2D eigenvalue weighted by molar-refractivity contribution is 6.30. The molecule has 0 amide bonds. The van der Waals surface area contributed by atoms with Crippen LogP contribution in [0.25, 0.3) is 5.57 Å². The first-order valence-electron chi connectivity index (χ1n) is 7.46. The predicted molar refractivity (Wildman–Crippen MR) is 90.8 cm³/mol. The molecule has 0 aliphatic heterocycles. The van der Waals surface area contributed by atoms with E-state index in [1.807, 2.05) is 24.3 Å². The van der Waals surface area contributed by atoms with Crippen LogP contribution in [0.4, 0.5) is 4.39 Å². The Morgan fingerprint density at radius 2 is 1.96 bits per heavy atom. The van der Waals surface area contributed by atoms with Gasteiger partial charge in [-0.3, -0.25) is 0 Å². The smallest absolute Gasteiger partial charge is 0.331 e. The average molecular weight is 333 g/mol. The van der Waals surface area contributed by atoms with Crippen LogP contribution in [-0.4, -0.2) is 12.6 Å². The van der Waals surface area contributed by atoms with Gasteiger partial charge < -0.3 is 4.74 Å². The lowest BCUT2D eigenvalue weighted by atomic mass is 9.98. The zero-order valence-corrected chi connectivity index (χ0v) is 13.6. The number of allylic oxidation sites excluding steroid dienone is 1. The van der Waals surface area contributed by atoms with Crippen molar-refractivity contribution in [2.75, 3.05) is 6.61 Å². The second-order valence-electron chi connectivity index (χ2n) is 5.06. The Morgan fingerprint density at radius 3 is 2.61 bits per heavy atom. The van der Waals surface area contributed by atoms with Crippen LogP contribution in [0.1, 0.15) is 24.5 Å². The van der Waals surface area contributed by atoms with Gasteiger partial charge in [-0.05, 0) is 60.7 Å². The Morgan fingerprint density at radius 1 is 1.22 bits per heavy atom. The number of carbonyl (C=O) groups is 1. The lowest BCUT2D eigenvalue weighted by Gasteiger charge is -2.09. The molecule has 0 saturated carbocycles. The van der Waals surface area contributed by atoms with E-state index in [0.29, 0.717) is 23.6 Å². The van der Waals surface area contributed by atoms with E-state index in [-0.39, 0.29) is 5.82 Å².